The van der Waals surface area contributed by atoms with Crippen LogP contribution in [0.5, 0.6) is 0 Å². The first-order valence-electron chi connectivity index (χ1n) is 11.9. The zero-order valence-corrected chi connectivity index (χ0v) is 22.1. The highest BCUT2D eigenvalue weighted by Crippen LogP contribution is 2.41. The summed E-state index contributed by atoms with van der Waals surface area (Å²) in [4.78, 5) is 4.53. The van der Waals surface area contributed by atoms with Crippen LogP contribution < -0.4 is 5.14 Å². The molecule has 2 N–H and O–H groups in total. The first-order chi connectivity index (χ1) is 19.1. The predicted molar refractivity (Wildman–Crippen MR) is 149 cm³/mol. The highest BCUT2D eigenvalue weighted by atomic mass is 32.2. The summed E-state index contributed by atoms with van der Waals surface area (Å²) in [6, 6.07) is 24.1. The smallest absolute Gasteiger partial charge is 0.228 e. The number of nitrogens with two attached hydrogens (primary N) is 1. The van der Waals surface area contributed by atoms with Crippen molar-refractivity contribution < 1.29 is 21.6 Å². The van der Waals surface area contributed by atoms with Crippen LogP contribution in [0.3, 0.4) is 0 Å². The Morgan fingerprint density at radius 1 is 0.800 bits per heavy atom. The van der Waals surface area contributed by atoms with Gasteiger partial charge in [-0.25, -0.2) is 23.2 Å². The van der Waals surface area contributed by atoms with Gasteiger partial charge in [-0.15, -0.1) is 0 Å². The summed E-state index contributed by atoms with van der Waals surface area (Å²) in [5.74, 6) is 0. The molecule has 0 bridgehead atoms. The van der Waals surface area contributed by atoms with Crippen molar-refractivity contribution in [3.05, 3.63) is 107 Å². The SMILES string of the molecule is NS(=O)(=O)c1ccc(-n2nc(-c3ccccc3)c3c(C(F)(F)F)cc(-c4ccc(-c5ccsc5)cc4)nc32)cc1. The van der Waals surface area contributed by atoms with Gasteiger partial charge in [0.05, 0.1) is 27.2 Å². The van der Waals surface area contributed by atoms with E-state index in [4.69, 9.17) is 5.14 Å². The minimum Gasteiger partial charge on any atom is -0.228 e. The van der Waals surface area contributed by atoms with E-state index in [2.05, 4.69) is 10.1 Å². The van der Waals surface area contributed by atoms with Crippen molar-refractivity contribution >= 4 is 32.4 Å². The van der Waals surface area contributed by atoms with Crippen LogP contribution in [0.4, 0.5) is 13.2 Å². The van der Waals surface area contributed by atoms with E-state index >= 15 is 0 Å². The molecule has 200 valence electrons. The van der Waals surface area contributed by atoms with Crippen molar-refractivity contribution in [1.29, 1.82) is 0 Å². The van der Waals surface area contributed by atoms with Crippen molar-refractivity contribution in [3.63, 3.8) is 0 Å². The van der Waals surface area contributed by atoms with E-state index in [1.165, 1.54) is 28.9 Å². The number of hydrogen-bond donors (Lipinski definition) is 1. The maximum atomic E-state index is 14.6. The molecule has 6 aromatic rings. The number of primary sulfonamides is 1. The molecule has 0 spiro atoms. The average molecular weight is 577 g/mol. The zero-order chi connectivity index (χ0) is 28.1. The quantitative estimate of drug-likeness (QED) is 0.236. The number of pyridine rings is 1. The lowest BCUT2D eigenvalue weighted by Gasteiger charge is -2.12. The van der Waals surface area contributed by atoms with Gasteiger partial charge >= 0.3 is 6.18 Å². The first kappa shape index (κ1) is 25.9. The molecule has 0 radical (unpaired) electrons. The molecule has 3 aromatic carbocycles. The minimum atomic E-state index is -4.71. The Morgan fingerprint density at radius 3 is 2.08 bits per heavy atom. The van der Waals surface area contributed by atoms with Crippen LogP contribution >= 0.6 is 11.3 Å². The Balaban J connectivity index is 1.61. The molecule has 0 aliphatic heterocycles. The lowest BCUT2D eigenvalue weighted by Crippen LogP contribution is -2.12. The third-order valence-corrected chi connectivity index (χ3v) is 8.05. The number of thiophene rings is 1. The van der Waals surface area contributed by atoms with Gasteiger partial charge < -0.3 is 0 Å². The summed E-state index contributed by atoms with van der Waals surface area (Å²) in [7, 11) is -3.96. The summed E-state index contributed by atoms with van der Waals surface area (Å²) < 4.78 is 68.6. The Labute approximate surface area is 231 Å². The second kappa shape index (κ2) is 9.70. The molecule has 40 heavy (non-hydrogen) atoms. The summed E-state index contributed by atoms with van der Waals surface area (Å²) in [6.45, 7) is 0. The maximum Gasteiger partial charge on any atom is 0.417 e. The van der Waals surface area contributed by atoms with Crippen molar-refractivity contribution in [2.75, 3.05) is 0 Å². The second-order valence-electron chi connectivity index (χ2n) is 9.01. The van der Waals surface area contributed by atoms with Crippen molar-refractivity contribution in [2.45, 2.75) is 11.1 Å². The molecule has 6 nitrogen and oxygen atoms in total. The maximum absolute atomic E-state index is 14.6. The molecule has 0 aliphatic rings. The zero-order valence-electron chi connectivity index (χ0n) is 20.5. The number of halogens is 3. The fraction of sp³-hybridized carbons (Fsp3) is 0.0345. The number of fused-ring (bicyclic) bond motifs is 1. The van der Waals surface area contributed by atoms with Gasteiger partial charge in [-0.2, -0.15) is 29.6 Å². The molecule has 11 heteroatoms. The van der Waals surface area contributed by atoms with Gasteiger partial charge in [0.15, 0.2) is 5.65 Å². The van der Waals surface area contributed by atoms with Crippen LogP contribution in [-0.4, -0.2) is 23.2 Å². The van der Waals surface area contributed by atoms with Crippen LogP contribution in [0, 0.1) is 0 Å². The van der Waals surface area contributed by atoms with E-state index in [1.54, 1.807) is 53.8 Å². The minimum absolute atomic E-state index is 0.0195. The van der Waals surface area contributed by atoms with E-state index in [9.17, 15) is 21.6 Å². The Bertz CT molecular complexity index is 1930. The molecule has 0 saturated carbocycles. The van der Waals surface area contributed by atoms with Crippen molar-refractivity contribution in [2.24, 2.45) is 5.14 Å². The molecule has 0 fully saturated rings. The molecule has 0 saturated heterocycles. The van der Waals surface area contributed by atoms with Gasteiger partial charge in [-0.1, -0.05) is 54.6 Å². The van der Waals surface area contributed by atoms with E-state index in [0.717, 1.165) is 17.2 Å². The summed E-state index contributed by atoms with van der Waals surface area (Å²) in [6.07, 6.45) is -4.71. The number of sulfonamides is 1. The van der Waals surface area contributed by atoms with E-state index < -0.39 is 21.8 Å². The number of benzene rings is 3. The third kappa shape index (κ3) is 4.79. The van der Waals surface area contributed by atoms with Crippen LogP contribution in [0.1, 0.15) is 5.56 Å². The van der Waals surface area contributed by atoms with Gasteiger partial charge in [0.2, 0.25) is 10.0 Å². The summed E-state index contributed by atoms with van der Waals surface area (Å²) in [5, 5.41) is 13.6. The molecular formula is C29H19F3N4O2S2. The monoisotopic (exact) mass is 576 g/mol. The number of aromatic nitrogens is 3. The van der Waals surface area contributed by atoms with Crippen LogP contribution in [-0.2, 0) is 16.2 Å². The van der Waals surface area contributed by atoms with Gasteiger partial charge in [-0.3, -0.25) is 0 Å². The molecule has 0 unspecified atom stereocenters. The predicted octanol–water partition coefficient (Wildman–Crippen LogP) is 7.15. The van der Waals surface area contributed by atoms with Gasteiger partial charge in [-0.05, 0) is 58.3 Å². The summed E-state index contributed by atoms with van der Waals surface area (Å²) >= 11 is 1.56. The lowest BCUT2D eigenvalue weighted by molar-refractivity contribution is -0.136. The second-order valence-corrected chi connectivity index (χ2v) is 11.3. The van der Waals surface area contributed by atoms with Crippen molar-refractivity contribution in [1.82, 2.24) is 14.8 Å². The Kier molecular flexibility index (Phi) is 6.29. The molecular weight excluding hydrogens is 557 g/mol. The largest absolute Gasteiger partial charge is 0.417 e. The van der Waals surface area contributed by atoms with E-state index in [0.29, 0.717) is 16.8 Å². The summed E-state index contributed by atoms with van der Waals surface area (Å²) in [5.41, 5.74) is 2.60. The fourth-order valence-corrected chi connectivity index (χ4v) is 5.68. The van der Waals surface area contributed by atoms with Crippen LogP contribution in [0.25, 0.3) is 50.4 Å². The highest BCUT2D eigenvalue weighted by molar-refractivity contribution is 7.89. The van der Waals surface area contributed by atoms with Crippen molar-refractivity contribution in [3.8, 4) is 39.3 Å². The number of hydrogen-bond acceptors (Lipinski definition) is 5. The third-order valence-electron chi connectivity index (χ3n) is 6.44. The van der Waals surface area contributed by atoms with Crippen LogP contribution in [0.2, 0.25) is 0 Å². The van der Waals surface area contributed by atoms with E-state index in [1.807, 2.05) is 29.0 Å². The standard InChI is InChI=1S/C29H19F3N4O2S2/c30-29(31,32)24-16-25(19-8-6-18(7-9-19)21-14-15-39-17-21)34-28-26(24)27(20-4-2-1-3-5-20)35-36(28)22-10-12-23(13-11-22)40(33,37)38/h1-17H,(H2,33,37,38). The Morgan fingerprint density at radius 2 is 1.48 bits per heavy atom. The normalized spacial score (nSPS) is 12.2. The fourth-order valence-electron chi connectivity index (χ4n) is 4.50. The van der Waals surface area contributed by atoms with Gasteiger partial charge in [0.25, 0.3) is 0 Å². The molecule has 6 rings (SSSR count). The molecule has 0 amide bonds. The number of nitrogens with zero attached hydrogens (tertiary/aromatic N) is 3. The topological polar surface area (TPSA) is 90.9 Å². The Hall–Kier alpha value is -4.32. The van der Waals surface area contributed by atoms with Crippen LogP contribution in [0.15, 0.2) is 107 Å². The van der Waals surface area contributed by atoms with E-state index in [-0.39, 0.29) is 27.3 Å². The lowest BCUT2D eigenvalue weighted by atomic mass is 10.0. The highest BCUT2D eigenvalue weighted by Gasteiger charge is 2.36. The first-order valence-corrected chi connectivity index (χ1v) is 14.4. The number of alkyl halides is 3. The molecule has 0 atom stereocenters. The molecule has 3 heterocycles. The average Bonchev–Trinajstić information content (AvgIpc) is 3.61. The van der Waals surface area contributed by atoms with Gasteiger partial charge in [0, 0.05) is 11.1 Å². The molecule has 0 aliphatic carbocycles. The van der Waals surface area contributed by atoms with Gasteiger partial charge in [0.1, 0.15) is 5.69 Å². The molecule has 3 aromatic heterocycles. The number of rotatable bonds is 5.